The van der Waals surface area contributed by atoms with E-state index in [1.807, 2.05) is 26.0 Å². The van der Waals surface area contributed by atoms with E-state index < -0.39 is 5.97 Å². The average Bonchev–Trinajstić information content (AvgIpc) is 3.03. The normalized spacial score (nSPS) is 22.6. The van der Waals surface area contributed by atoms with Crippen LogP contribution in [0.25, 0.3) is 0 Å². The lowest BCUT2D eigenvalue weighted by Crippen LogP contribution is -2.30. The van der Waals surface area contributed by atoms with Gasteiger partial charge in [0.15, 0.2) is 6.61 Å². The Morgan fingerprint density at radius 1 is 0.969 bits per heavy atom. The van der Waals surface area contributed by atoms with E-state index in [4.69, 9.17) is 4.74 Å². The molecule has 6 heteroatoms. The number of carbonyl (C=O) groups is 4. The largest absolute Gasteiger partial charge is 0.454 e. The molecule has 2 aromatic rings. The molecular weight excluding hydrogens is 406 g/mol. The zero-order valence-electron chi connectivity index (χ0n) is 18.6. The average molecular weight is 434 g/mol. The maximum absolute atomic E-state index is 12.9. The van der Waals surface area contributed by atoms with Gasteiger partial charge in [0.2, 0.25) is 17.6 Å². The molecule has 1 aliphatic heterocycles. The highest BCUT2D eigenvalue weighted by atomic mass is 16.5. The number of esters is 1. The number of imide groups is 1. The van der Waals surface area contributed by atoms with Crippen molar-refractivity contribution in [3.05, 3.63) is 64.7 Å². The van der Waals surface area contributed by atoms with Gasteiger partial charge in [0.25, 0.3) is 0 Å². The van der Waals surface area contributed by atoms with E-state index in [0.29, 0.717) is 17.2 Å². The molecule has 1 saturated carbocycles. The van der Waals surface area contributed by atoms with Crippen molar-refractivity contribution in [3.63, 3.8) is 0 Å². The predicted molar refractivity (Wildman–Crippen MR) is 119 cm³/mol. The minimum atomic E-state index is -0.628. The molecule has 166 valence electrons. The molecule has 2 aliphatic rings. The highest BCUT2D eigenvalue weighted by molar-refractivity contribution is 6.22. The number of aryl methyl sites for hydroxylation is 2. The van der Waals surface area contributed by atoms with Crippen molar-refractivity contribution in [2.75, 3.05) is 11.5 Å². The number of nitrogens with zero attached hydrogens (tertiary/aromatic N) is 1. The van der Waals surface area contributed by atoms with E-state index in [1.54, 1.807) is 18.2 Å². The Kier molecular flexibility index (Phi) is 5.96. The number of Topliss-reactive ketones (excluding diaryl/α,β-unsaturated/α-hetero) is 1. The van der Waals surface area contributed by atoms with Gasteiger partial charge in [-0.25, -0.2) is 4.79 Å². The Morgan fingerprint density at radius 3 is 2.38 bits per heavy atom. The topological polar surface area (TPSA) is 80.8 Å². The third-order valence-electron chi connectivity index (χ3n) is 6.58. The van der Waals surface area contributed by atoms with Gasteiger partial charge >= 0.3 is 5.97 Å². The first-order chi connectivity index (χ1) is 15.3. The number of hydrogen-bond donors (Lipinski definition) is 0. The van der Waals surface area contributed by atoms with Crippen LogP contribution in [0.15, 0.2) is 42.5 Å². The fourth-order valence-electron chi connectivity index (χ4n) is 4.72. The van der Waals surface area contributed by atoms with Crippen LogP contribution in [-0.4, -0.2) is 30.2 Å². The lowest BCUT2D eigenvalue weighted by Gasteiger charge is -2.25. The lowest BCUT2D eigenvalue weighted by molar-refractivity contribution is -0.122. The van der Waals surface area contributed by atoms with Crippen molar-refractivity contribution < 1.29 is 23.9 Å². The van der Waals surface area contributed by atoms with Gasteiger partial charge in [0.1, 0.15) is 0 Å². The molecular formula is C26H27NO5. The standard InChI is InChI=1S/C26H27NO5/c1-15-4-6-17(3)21(12-15)23(28)14-32-26(31)18-7-9-19(10-8-18)27-24(29)20-11-5-16(2)13-22(20)25(27)30/h4,6-10,12,16,20,22H,5,11,13-14H2,1-3H3/t16-,20-,22-/m0/s1. The second-order valence-corrected chi connectivity index (χ2v) is 9.01. The number of benzene rings is 2. The molecule has 0 unspecified atom stereocenters. The van der Waals surface area contributed by atoms with Crippen molar-refractivity contribution >= 4 is 29.3 Å². The maximum Gasteiger partial charge on any atom is 0.338 e. The number of amides is 2. The van der Waals surface area contributed by atoms with E-state index in [0.717, 1.165) is 30.4 Å². The third-order valence-corrected chi connectivity index (χ3v) is 6.58. The van der Waals surface area contributed by atoms with Gasteiger partial charge in [-0.05, 0) is 74.9 Å². The minimum absolute atomic E-state index is 0.152. The summed E-state index contributed by atoms with van der Waals surface area (Å²) in [6, 6.07) is 11.8. The van der Waals surface area contributed by atoms with Crippen LogP contribution in [0.1, 0.15) is 58.0 Å². The van der Waals surface area contributed by atoms with Crippen LogP contribution < -0.4 is 4.90 Å². The van der Waals surface area contributed by atoms with Crippen molar-refractivity contribution in [1.29, 1.82) is 0 Å². The summed E-state index contributed by atoms with van der Waals surface area (Å²) in [5.41, 5.74) is 3.05. The second-order valence-electron chi connectivity index (χ2n) is 9.01. The number of hydrogen-bond acceptors (Lipinski definition) is 5. The summed E-state index contributed by atoms with van der Waals surface area (Å²) in [5, 5.41) is 0. The molecule has 0 bridgehead atoms. The predicted octanol–water partition coefficient (Wildman–Crippen LogP) is 4.27. The Balaban J connectivity index is 1.42. The minimum Gasteiger partial charge on any atom is -0.454 e. The van der Waals surface area contributed by atoms with Gasteiger partial charge in [-0.1, -0.05) is 24.6 Å². The molecule has 2 aromatic carbocycles. The molecule has 1 saturated heterocycles. The molecule has 0 N–H and O–H groups in total. The van der Waals surface area contributed by atoms with Crippen molar-refractivity contribution in [2.24, 2.45) is 17.8 Å². The van der Waals surface area contributed by atoms with Gasteiger partial charge in [-0.3, -0.25) is 19.3 Å². The number of carbonyl (C=O) groups excluding carboxylic acids is 4. The van der Waals surface area contributed by atoms with Crippen LogP contribution in [0.4, 0.5) is 5.69 Å². The molecule has 1 heterocycles. The number of rotatable bonds is 5. The van der Waals surface area contributed by atoms with E-state index >= 15 is 0 Å². The van der Waals surface area contributed by atoms with Crippen LogP contribution in [-0.2, 0) is 14.3 Å². The second kappa shape index (κ2) is 8.69. The SMILES string of the molecule is Cc1ccc(C)c(C(=O)COC(=O)c2ccc(N3C(=O)[C@H]4CC[C@H](C)C[C@@H]4C3=O)cc2)c1. The molecule has 1 aliphatic carbocycles. The summed E-state index contributed by atoms with van der Waals surface area (Å²) >= 11 is 0. The Hall–Kier alpha value is -3.28. The molecule has 2 amide bonds. The number of fused-ring (bicyclic) bond motifs is 1. The molecule has 3 atom stereocenters. The Bertz CT molecular complexity index is 1090. The van der Waals surface area contributed by atoms with Gasteiger partial charge in [-0.15, -0.1) is 0 Å². The Morgan fingerprint density at radius 2 is 1.66 bits per heavy atom. The quantitative estimate of drug-likeness (QED) is 0.400. The van der Waals surface area contributed by atoms with Crippen molar-refractivity contribution in [3.8, 4) is 0 Å². The van der Waals surface area contributed by atoms with E-state index in [-0.39, 0.29) is 41.6 Å². The maximum atomic E-state index is 12.9. The Labute approximate surface area is 187 Å². The first-order valence-corrected chi connectivity index (χ1v) is 11.0. The van der Waals surface area contributed by atoms with Crippen LogP contribution in [0.2, 0.25) is 0 Å². The first-order valence-electron chi connectivity index (χ1n) is 11.0. The number of ketones is 1. The van der Waals surface area contributed by atoms with Gasteiger partial charge in [0.05, 0.1) is 23.1 Å². The summed E-state index contributed by atoms with van der Waals surface area (Å²) in [6.45, 7) is 5.50. The number of ether oxygens (including phenoxy) is 1. The van der Waals surface area contributed by atoms with E-state index in [9.17, 15) is 19.2 Å². The molecule has 0 aromatic heterocycles. The smallest absolute Gasteiger partial charge is 0.338 e. The van der Waals surface area contributed by atoms with Crippen LogP contribution >= 0.6 is 0 Å². The highest BCUT2D eigenvalue weighted by Gasteiger charge is 2.49. The van der Waals surface area contributed by atoms with E-state index in [2.05, 4.69) is 6.92 Å². The van der Waals surface area contributed by atoms with Crippen molar-refractivity contribution in [1.82, 2.24) is 0 Å². The third kappa shape index (κ3) is 4.09. The van der Waals surface area contributed by atoms with Crippen LogP contribution in [0.3, 0.4) is 0 Å². The lowest BCUT2D eigenvalue weighted by atomic mass is 9.76. The molecule has 0 spiro atoms. The first kappa shape index (κ1) is 21.9. The zero-order chi connectivity index (χ0) is 23.0. The summed E-state index contributed by atoms with van der Waals surface area (Å²) in [6.07, 6.45) is 2.44. The van der Waals surface area contributed by atoms with Crippen LogP contribution in [0.5, 0.6) is 0 Å². The fraction of sp³-hybridized carbons (Fsp3) is 0.385. The van der Waals surface area contributed by atoms with Gasteiger partial charge < -0.3 is 4.74 Å². The summed E-state index contributed by atoms with van der Waals surface area (Å²) in [5.74, 6) is -1.23. The van der Waals surface area contributed by atoms with Gasteiger partial charge in [0, 0.05) is 5.56 Å². The van der Waals surface area contributed by atoms with E-state index in [1.165, 1.54) is 17.0 Å². The molecule has 6 nitrogen and oxygen atoms in total. The molecule has 32 heavy (non-hydrogen) atoms. The summed E-state index contributed by atoms with van der Waals surface area (Å²) < 4.78 is 5.20. The fourth-order valence-corrected chi connectivity index (χ4v) is 4.72. The highest BCUT2D eigenvalue weighted by Crippen LogP contribution is 2.42. The zero-order valence-corrected chi connectivity index (χ0v) is 18.6. The monoisotopic (exact) mass is 433 g/mol. The molecule has 2 fully saturated rings. The van der Waals surface area contributed by atoms with Gasteiger partial charge in [-0.2, -0.15) is 0 Å². The van der Waals surface area contributed by atoms with Crippen LogP contribution in [0, 0.1) is 31.6 Å². The summed E-state index contributed by atoms with van der Waals surface area (Å²) in [7, 11) is 0. The molecule has 0 radical (unpaired) electrons. The number of anilines is 1. The summed E-state index contributed by atoms with van der Waals surface area (Å²) in [4.78, 5) is 51.8. The molecule has 4 rings (SSSR count). The van der Waals surface area contributed by atoms with Crippen molar-refractivity contribution in [2.45, 2.75) is 40.0 Å².